The van der Waals surface area contributed by atoms with Gasteiger partial charge >= 0.3 is 0 Å². The van der Waals surface area contributed by atoms with E-state index in [-0.39, 0.29) is 23.7 Å². The summed E-state index contributed by atoms with van der Waals surface area (Å²) in [6, 6.07) is 3.86. The monoisotopic (exact) mass is 196 g/mol. The highest BCUT2D eigenvalue weighted by Crippen LogP contribution is 2.16. The molecule has 1 rings (SSSR count). The van der Waals surface area contributed by atoms with Gasteiger partial charge in [-0.15, -0.1) is 0 Å². The molecule has 1 aromatic rings. The van der Waals surface area contributed by atoms with E-state index >= 15 is 0 Å². The van der Waals surface area contributed by atoms with Gasteiger partial charge in [-0.1, -0.05) is 0 Å². The third-order valence-electron chi connectivity index (χ3n) is 1.64. The van der Waals surface area contributed by atoms with Crippen LogP contribution in [0.15, 0.2) is 18.2 Å². The molecule has 0 aliphatic carbocycles. The van der Waals surface area contributed by atoms with Crippen LogP contribution in [0.3, 0.4) is 0 Å². The zero-order valence-corrected chi connectivity index (χ0v) is 7.62. The van der Waals surface area contributed by atoms with Crippen LogP contribution in [0, 0.1) is 5.82 Å². The molecule has 0 atom stereocenters. The van der Waals surface area contributed by atoms with Gasteiger partial charge in [0.25, 0.3) is 0 Å². The molecule has 0 saturated carbocycles. The van der Waals surface area contributed by atoms with E-state index in [1.165, 1.54) is 19.1 Å². The molecule has 4 heteroatoms. The van der Waals surface area contributed by atoms with Gasteiger partial charge in [0.2, 0.25) is 0 Å². The van der Waals surface area contributed by atoms with Crippen molar-refractivity contribution in [3.8, 4) is 5.75 Å². The highest BCUT2D eigenvalue weighted by molar-refractivity contribution is 5.94. The van der Waals surface area contributed by atoms with Gasteiger partial charge in [0.15, 0.2) is 12.1 Å². The molecule has 0 radical (unpaired) electrons. The molecule has 0 aliphatic heterocycles. The van der Waals surface area contributed by atoms with Crippen molar-refractivity contribution in [2.45, 2.75) is 6.92 Å². The number of hydrogen-bond donors (Lipinski definition) is 0. The van der Waals surface area contributed by atoms with Crippen LogP contribution >= 0.6 is 0 Å². The van der Waals surface area contributed by atoms with E-state index in [1.807, 2.05) is 0 Å². The summed E-state index contributed by atoms with van der Waals surface area (Å²) in [6.45, 7) is 1.16. The summed E-state index contributed by atoms with van der Waals surface area (Å²) >= 11 is 0. The van der Waals surface area contributed by atoms with Crippen LogP contribution in [0.5, 0.6) is 5.75 Å². The topological polar surface area (TPSA) is 43.4 Å². The van der Waals surface area contributed by atoms with Crippen molar-refractivity contribution in [1.82, 2.24) is 0 Å². The number of benzene rings is 1. The van der Waals surface area contributed by atoms with Crippen LogP contribution < -0.4 is 4.74 Å². The summed E-state index contributed by atoms with van der Waals surface area (Å²) in [5.41, 5.74) is 0.0171. The first-order chi connectivity index (χ1) is 6.65. The lowest BCUT2D eigenvalue weighted by molar-refractivity contribution is -0.109. The second-order valence-corrected chi connectivity index (χ2v) is 2.68. The number of Topliss-reactive ketones (excluding diaryl/α,β-unsaturated/α-hetero) is 1. The summed E-state index contributed by atoms with van der Waals surface area (Å²) in [5.74, 6) is -0.745. The molecular formula is C10H9FO3. The van der Waals surface area contributed by atoms with Crippen molar-refractivity contribution >= 4 is 12.1 Å². The zero-order valence-electron chi connectivity index (χ0n) is 7.62. The summed E-state index contributed by atoms with van der Waals surface area (Å²) in [6.07, 6.45) is 0.566. The average molecular weight is 196 g/mol. The van der Waals surface area contributed by atoms with E-state index in [2.05, 4.69) is 0 Å². The number of ketones is 1. The Balaban J connectivity index is 2.88. The quantitative estimate of drug-likeness (QED) is 0.542. The number of rotatable bonds is 4. The van der Waals surface area contributed by atoms with Crippen molar-refractivity contribution < 1.29 is 18.7 Å². The Kier molecular flexibility index (Phi) is 3.34. The molecule has 0 bridgehead atoms. The van der Waals surface area contributed by atoms with Crippen LogP contribution in [-0.4, -0.2) is 18.7 Å². The molecule has 74 valence electrons. The highest BCUT2D eigenvalue weighted by atomic mass is 19.1. The van der Waals surface area contributed by atoms with Gasteiger partial charge in [-0.3, -0.25) is 9.59 Å². The molecule has 14 heavy (non-hydrogen) atoms. The molecule has 0 aromatic heterocycles. The number of carbonyl (C=O) groups excluding carboxylic acids is 2. The van der Waals surface area contributed by atoms with Crippen LogP contribution in [0.25, 0.3) is 0 Å². The van der Waals surface area contributed by atoms with Crippen molar-refractivity contribution in [3.63, 3.8) is 0 Å². The lowest BCUT2D eigenvalue weighted by Crippen LogP contribution is -2.01. The van der Waals surface area contributed by atoms with Crippen LogP contribution in [-0.2, 0) is 4.79 Å². The normalized spacial score (nSPS) is 9.57. The average Bonchev–Trinajstić information content (AvgIpc) is 2.14. The fourth-order valence-corrected chi connectivity index (χ4v) is 1.00. The molecule has 0 aliphatic rings. The number of aldehydes is 1. The molecule has 0 N–H and O–H groups in total. The molecule has 1 aromatic carbocycles. The van der Waals surface area contributed by atoms with Crippen LogP contribution in [0.4, 0.5) is 4.39 Å². The Labute approximate surface area is 80.5 Å². The molecule has 0 fully saturated rings. The lowest BCUT2D eigenvalue weighted by Gasteiger charge is -2.03. The molecule has 0 saturated heterocycles. The third kappa shape index (κ3) is 2.39. The predicted octanol–water partition coefficient (Wildman–Crippen LogP) is 1.61. The van der Waals surface area contributed by atoms with Crippen molar-refractivity contribution in [2.24, 2.45) is 0 Å². The number of hydrogen-bond acceptors (Lipinski definition) is 3. The van der Waals surface area contributed by atoms with Gasteiger partial charge in [-0.05, 0) is 19.1 Å². The lowest BCUT2D eigenvalue weighted by atomic mass is 10.1. The fourth-order valence-electron chi connectivity index (χ4n) is 1.00. The Morgan fingerprint density at radius 1 is 1.57 bits per heavy atom. The standard InChI is InChI=1S/C10H9FO3/c1-7(13)9-3-2-8(6-10(9)11)14-5-4-12/h2-4,6H,5H2,1H3. The first kappa shape index (κ1) is 10.4. The van der Waals surface area contributed by atoms with Gasteiger partial charge in [-0.2, -0.15) is 0 Å². The van der Waals surface area contributed by atoms with E-state index < -0.39 is 5.82 Å². The number of halogens is 1. The van der Waals surface area contributed by atoms with Crippen LogP contribution in [0.2, 0.25) is 0 Å². The molecule has 0 amide bonds. The fraction of sp³-hybridized carbons (Fsp3) is 0.200. The van der Waals surface area contributed by atoms with Crippen molar-refractivity contribution in [2.75, 3.05) is 6.61 Å². The molecule has 0 unspecified atom stereocenters. The Morgan fingerprint density at radius 3 is 2.79 bits per heavy atom. The van der Waals surface area contributed by atoms with E-state index in [4.69, 9.17) is 4.74 Å². The van der Waals surface area contributed by atoms with Gasteiger partial charge < -0.3 is 4.74 Å². The number of carbonyl (C=O) groups is 2. The van der Waals surface area contributed by atoms with E-state index in [0.717, 1.165) is 6.07 Å². The maximum Gasteiger partial charge on any atom is 0.162 e. The second-order valence-electron chi connectivity index (χ2n) is 2.68. The van der Waals surface area contributed by atoms with Gasteiger partial charge in [0, 0.05) is 6.07 Å². The maximum absolute atomic E-state index is 13.1. The third-order valence-corrected chi connectivity index (χ3v) is 1.64. The smallest absolute Gasteiger partial charge is 0.162 e. The SMILES string of the molecule is CC(=O)c1ccc(OCC=O)cc1F. The van der Waals surface area contributed by atoms with E-state index in [9.17, 15) is 14.0 Å². The minimum Gasteiger partial charge on any atom is -0.486 e. The van der Waals surface area contributed by atoms with E-state index in [1.54, 1.807) is 0 Å². The van der Waals surface area contributed by atoms with Gasteiger partial charge in [0.05, 0.1) is 5.56 Å². The van der Waals surface area contributed by atoms with Crippen LogP contribution in [0.1, 0.15) is 17.3 Å². The molecule has 0 heterocycles. The van der Waals surface area contributed by atoms with Gasteiger partial charge in [0.1, 0.15) is 18.2 Å². The van der Waals surface area contributed by atoms with E-state index in [0.29, 0.717) is 6.29 Å². The molecule has 0 spiro atoms. The summed E-state index contributed by atoms with van der Waals surface area (Å²) < 4.78 is 18.0. The van der Waals surface area contributed by atoms with Crippen molar-refractivity contribution in [1.29, 1.82) is 0 Å². The largest absolute Gasteiger partial charge is 0.486 e. The zero-order chi connectivity index (χ0) is 10.6. The Bertz CT molecular complexity index is 360. The summed E-state index contributed by atoms with van der Waals surface area (Å²) in [4.78, 5) is 20.8. The van der Waals surface area contributed by atoms with Crippen molar-refractivity contribution in [3.05, 3.63) is 29.6 Å². The maximum atomic E-state index is 13.1. The summed E-state index contributed by atoms with van der Waals surface area (Å²) in [5, 5.41) is 0. The highest BCUT2D eigenvalue weighted by Gasteiger charge is 2.07. The molecule has 3 nitrogen and oxygen atoms in total. The first-order valence-corrected chi connectivity index (χ1v) is 4.02. The number of ether oxygens (including phenoxy) is 1. The van der Waals surface area contributed by atoms with Gasteiger partial charge in [-0.25, -0.2) is 4.39 Å². The Hall–Kier alpha value is -1.71. The predicted molar refractivity (Wildman–Crippen MR) is 48.0 cm³/mol. The first-order valence-electron chi connectivity index (χ1n) is 4.02. The minimum absolute atomic E-state index is 0.0171. The Morgan fingerprint density at radius 2 is 2.29 bits per heavy atom. The molecular weight excluding hydrogens is 187 g/mol. The minimum atomic E-state index is -0.638. The summed E-state index contributed by atoms with van der Waals surface area (Å²) in [7, 11) is 0. The second kappa shape index (κ2) is 4.50.